The molecule has 1 aliphatic heterocycles. The summed E-state index contributed by atoms with van der Waals surface area (Å²) in [6.45, 7) is 5.58. The zero-order valence-corrected chi connectivity index (χ0v) is 22.7. The Bertz CT molecular complexity index is 1740. The molecule has 1 fully saturated rings. The number of rotatable bonds is 6. The molecule has 1 atom stereocenters. The minimum absolute atomic E-state index is 0.0402. The van der Waals surface area contributed by atoms with Gasteiger partial charge in [-0.15, -0.1) is 0 Å². The molecule has 3 aromatic heterocycles. The van der Waals surface area contributed by atoms with E-state index in [1.165, 1.54) is 10.9 Å². The Labute approximate surface area is 226 Å². The van der Waals surface area contributed by atoms with Crippen LogP contribution in [0.5, 0.6) is 0 Å². The van der Waals surface area contributed by atoms with Gasteiger partial charge >= 0.3 is 0 Å². The molecule has 0 spiro atoms. The van der Waals surface area contributed by atoms with E-state index in [1.807, 2.05) is 44.2 Å². The molecule has 2 aromatic carbocycles. The lowest BCUT2D eigenvalue weighted by atomic mass is 10.0. The Kier molecular flexibility index (Phi) is 6.40. The van der Waals surface area contributed by atoms with Gasteiger partial charge in [0.2, 0.25) is 0 Å². The van der Waals surface area contributed by atoms with Crippen LogP contribution in [0.3, 0.4) is 0 Å². The first-order valence-corrected chi connectivity index (χ1v) is 14.7. The van der Waals surface area contributed by atoms with Gasteiger partial charge in [0.05, 0.1) is 42.2 Å². The molecule has 200 valence electrons. The van der Waals surface area contributed by atoms with Gasteiger partial charge < -0.3 is 14.2 Å². The van der Waals surface area contributed by atoms with Crippen LogP contribution in [0.4, 0.5) is 5.82 Å². The third-order valence-corrected chi connectivity index (χ3v) is 7.57. The van der Waals surface area contributed by atoms with E-state index in [9.17, 15) is 8.42 Å². The lowest BCUT2D eigenvalue weighted by Gasteiger charge is -2.37. The Balaban J connectivity index is 1.53. The molecule has 4 heterocycles. The quantitative estimate of drug-likeness (QED) is 0.308. The van der Waals surface area contributed by atoms with Crippen LogP contribution in [0.15, 0.2) is 65.4 Å². The zero-order chi connectivity index (χ0) is 27.1. The van der Waals surface area contributed by atoms with Crippen molar-refractivity contribution in [2.75, 3.05) is 30.9 Å². The summed E-state index contributed by atoms with van der Waals surface area (Å²) >= 11 is 0. The van der Waals surface area contributed by atoms with Crippen molar-refractivity contribution >= 4 is 26.6 Å². The molecule has 0 amide bonds. The summed E-state index contributed by atoms with van der Waals surface area (Å²) in [6.07, 6.45) is 4.44. The van der Waals surface area contributed by atoms with Crippen LogP contribution in [0.2, 0.25) is 0 Å². The summed E-state index contributed by atoms with van der Waals surface area (Å²) in [5, 5.41) is 9.26. The van der Waals surface area contributed by atoms with Crippen molar-refractivity contribution < 1.29 is 17.7 Å². The van der Waals surface area contributed by atoms with Crippen LogP contribution >= 0.6 is 0 Å². The monoisotopic (exact) mass is 544 g/mol. The molecule has 11 heteroatoms. The number of sulfone groups is 1. The van der Waals surface area contributed by atoms with Gasteiger partial charge in [-0.1, -0.05) is 41.6 Å². The summed E-state index contributed by atoms with van der Waals surface area (Å²) in [7, 11) is -3.25. The molecule has 1 saturated heterocycles. The van der Waals surface area contributed by atoms with Crippen LogP contribution in [0.1, 0.15) is 23.1 Å². The third kappa shape index (κ3) is 5.02. The summed E-state index contributed by atoms with van der Waals surface area (Å²) in [6, 6.07) is 16.3. The van der Waals surface area contributed by atoms with E-state index in [0.29, 0.717) is 31.1 Å². The van der Waals surface area contributed by atoms with Crippen molar-refractivity contribution in [3.63, 3.8) is 0 Å². The van der Waals surface area contributed by atoms with Crippen molar-refractivity contribution in [1.82, 2.24) is 24.9 Å². The van der Waals surface area contributed by atoms with E-state index < -0.39 is 9.84 Å². The van der Waals surface area contributed by atoms with E-state index >= 15 is 0 Å². The second kappa shape index (κ2) is 9.90. The molecule has 0 N–H and O–H groups in total. The molecule has 0 radical (unpaired) electrons. The first-order chi connectivity index (χ1) is 18.8. The zero-order valence-electron chi connectivity index (χ0n) is 21.9. The van der Waals surface area contributed by atoms with E-state index in [4.69, 9.17) is 19.2 Å². The largest absolute Gasteiger partial charge is 0.377 e. The fourth-order valence-electron chi connectivity index (χ4n) is 5.11. The second-order valence-electron chi connectivity index (χ2n) is 9.82. The Morgan fingerprint density at radius 2 is 1.87 bits per heavy atom. The lowest BCUT2D eigenvalue weighted by molar-refractivity contribution is 0.0939. The fourth-order valence-corrected chi connectivity index (χ4v) is 5.73. The molecular formula is C28H28N6O4S. The molecule has 0 aliphatic carbocycles. The standard InChI is InChI=1S/C28H28N6O4S/c1-18-26(19(2)38-32-18)21-9-10-24-23(13-21)28(34-11-12-37-16-25(34)20-7-5-4-6-8-20)31-27(30-24)22-14-29-33(15-22)17-39(3,35)36/h4-10,13-15,25H,11-12,16-17H2,1-3H3/t25-/m1/s1. The number of morpholine rings is 1. The number of ether oxygens (including phenoxy) is 1. The van der Waals surface area contributed by atoms with Crippen molar-refractivity contribution in [3.8, 4) is 22.5 Å². The molecule has 6 rings (SSSR count). The number of fused-ring (bicyclic) bond motifs is 1. The van der Waals surface area contributed by atoms with Crippen molar-refractivity contribution in [3.05, 3.63) is 77.9 Å². The Morgan fingerprint density at radius 3 is 2.62 bits per heavy atom. The first kappa shape index (κ1) is 25.2. The molecule has 5 aromatic rings. The Morgan fingerprint density at radius 1 is 1.05 bits per heavy atom. The maximum Gasteiger partial charge on any atom is 0.167 e. The van der Waals surface area contributed by atoms with E-state index in [-0.39, 0.29) is 11.9 Å². The van der Waals surface area contributed by atoms with Crippen LogP contribution in [0.25, 0.3) is 33.4 Å². The summed E-state index contributed by atoms with van der Waals surface area (Å²) in [4.78, 5) is 12.2. The second-order valence-corrected chi connectivity index (χ2v) is 11.9. The minimum Gasteiger partial charge on any atom is -0.377 e. The topological polar surface area (TPSA) is 116 Å². The van der Waals surface area contributed by atoms with E-state index in [2.05, 4.69) is 33.4 Å². The summed E-state index contributed by atoms with van der Waals surface area (Å²) in [5.41, 5.74) is 5.28. The average Bonchev–Trinajstić information content (AvgIpc) is 3.52. The van der Waals surface area contributed by atoms with Crippen molar-refractivity contribution in [1.29, 1.82) is 0 Å². The van der Waals surface area contributed by atoms with Gasteiger partial charge in [0.25, 0.3) is 0 Å². The number of aromatic nitrogens is 5. The lowest BCUT2D eigenvalue weighted by Crippen LogP contribution is -2.40. The number of hydrogen-bond acceptors (Lipinski definition) is 9. The normalized spacial score (nSPS) is 16.2. The maximum atomic E-state index is 11.8. The highest BCUT2D eigenvalue weighted by molar-refractivity contribution is 7.89. The maximum absolute atomic E-state index is 11.8. The molecule has 1 aliphatic rings. The third-order valence-electron chi connectivity index (χ3n) is 6.84. The van der Waals surface area contributed by atoms with E-state index in [1.54, 1.807) is 12.4 Å². The number of benzene rings is 2. The van der Waals surface area contributed by atoms with Gasteiger partial charge in [-0.05, 0) is 37.1 Å². The number of aryl methyl sites for hydroxylation is 2. The highest BCUT2D eigenvalue weighted by atomic mass is 32.2. The predicted octanol–water partition coefficient (Wildman–Crippen LogP) is 4.35. The van der Waals surface area contributed by atoms with Crippen LogP contribution in [0, 0.1) is 13.8 Å². The number of hydrogen-bond donors (Lipinski definition) is 0. The molecule has 0 unspecified atom stereocenters. The van der Waals surface area contributed by atoms with Crippen molar-refractivity contribution in [2.45, 2.75) is 25.8 Å². The first-order valence-electron chi connectivity index (χ1n) is 12.6. The van der Waals surface area contributed by atoms with Gasteiger partial charge in [0.1, 0.15) is 17.5 Å². The van der Waals surface area contributed by atoms with E-state index in [0.717, 1.165) is 44.9 Å². The molecule has 0 saturated carbocycles. The van der Waals surface area contributed by atoms with Gasteiger partial charge in [0.15, 0.2) is 15.7 Å². The summed E-state index contributed by atoms with van der Waals surface area (Å²) < 4.78 is 36.3. The Hall–Kier alpha value is -4.09. The van der Waals surface area contributed by atoms with Crippen molar-refractivity contribution in [2.24, 2.45) is 0 Å². The molecule has 39 heavy (non-hydrogen) atoms. The predicted molar refractivity (Wildman–Crippen MR) is 148 cm³/mol. The number of anilines is 1. The number of nitrogens with zero attached hydrogens (tertiary/aromatic N) is 6. The average molecular weight is 545 g/mol. The fraction of sp³-hybridized carbons (Fsp3) is 0.286. The summed E-state index contributed by atoms with van der Waals surface area (Å²) in [5.74, 6) is 1.78. The van der Waals surface area contributed by atoms with Crippen LogP contribution in [-0.4, -0.2) is 59.3 Å². The van der Waals surface area contributed by atoms with Gasteiger partial charge in [0, 0.05) is 29.9 Å². The van der Waals surface area contributed by atoms with Crippen LogP contribution < -0.4 is 4.90 Å². The molecule has 10 nitrogen and oxygen atoms in total. The van der Waals surface area contributed by atoms with Gasteiger partial charge in [-0.3, -0.25) is 4.68 Å². The smallest absolute Gasteiger partial charge is 0.167 e. The van der Waals surface area contributed by atoms with Gasteiger partial charge in [-0.2, -0.15) is 5.10 Å². The highest BCUT2D eigenvalue weighted by Crippen LogP contribution is 2.37. The van der Waals surface area contributed by atoms with Gasteiger partial charge in [-0.25, -0.2) is 18.4 Å². The SMILES string of the molecule is Cc1noc(C)c1-c1ccc2nc(-c3cnn(CS(C)(=O)=O)c3)nc(N3CCOC[C@@H]3c3ccccc3)c2c1. The molecular weight excluding hydrogens is 516 g/mol. The van der Waals surface area contributed by atoms with Crippen LogP contribution in [-0.2, 0) is 20.5 Å². The minimum atomic E-state index is -3.25. The highest BCUT2D eigenvalue weighted by Gasteiger charge is 2.28. The molecule has 0 bridgehead atoms.